The maximum absolute atomic E-state index is 13.2. The van der Waals surface area contributed by atoms with Crippen LogP contribution in [0.1, 0.15) is 46.6 Å². The average molecular weight is 419 g/mol. The van der Waals surface area contributed by atoms with E-state index in [1.54, 1.807) is 11.3 Å². The Bertz CT molecular complexity index is 966. The van der Waals surface area contributed by atoms with E-state index in [9.17, 15) is 4.79 Å². The van der Waals surface area contributed by atoms with Crippen molar-refractivity contribution in [3.05, 3.63) is 52.5 Å². The SMILES string of the molecule is CC(C)c1nn(C)c2sc(C(=O)N3C[C@@H](CN)[C@H](c4ccccc4)C3)cc12.Cl. The predicted molar refractivity (Wildman–Crippen MR) is 118 cm³/mol. The van der Waals surface area contributed by atoms with Crippen molar-refractivity contribution in [3.63, 3.8) is 0 Å². The number of halogens is 1. The molecule has 0 saturated carbocycles. The van der Waals surface area contributed by atoms with E-state index in [1.807, 2.05) is 28.8 Å². The zero-order valence-corrected chi connectivity index (χ0v) is 18.1. The number of carbonyl (C=O) groups excluding carboxylic acids is 1. The van der Waals surface area contributed by atoms with Gasteiger partial charge in [-0.1, -0.05) is 44.2 Å². The standard InChI is InChI=1S/C21H26N4OS.ClH/c1-13(2)19-16-9-18(27-21(16)24(3)23-19)20(26)25-11-15(10-22)17(12-25)14-7-5-4-6-8-14;/h4-9,13,15,17H,10-12,22H2,1-3H3;1H/t15-,17+;/m1./s1. The molecule has 7 heteroatoms. The highest BCUT2D eigenvalue weighted by Crippen LogP contribution is 2.36. The summed E-state index contributed by atoms with van der Waals surface area (Å²) in [6.45, 7) is 6.32. The van der Waals surface area contributed by atoms with Crippen molar-refractivity contribution in [1.82, 2.24) is 14.7 Å². The summed E-state index contributed by atoms with van der Waals surface area (Å²) in [5.41, 5.74) is 8.36. The molecule has 2 N–H and O–H groups in total. The van der Waals surface area contributed by atoms with Gasteiger partial charge in [-0.15, -0.1) is 23.7 Å². The first kappa shape index (κ1) is 20.8. The van der Waals surface area contributed by atoms with Crippen LogP contribution in [0.3, 0.4) is 0 Å². The van der Waals surface area contributed by atoms with E-state index in [-0.39, 0.29) is 18.3 Å². The van der Waals surface area contributed by atoms with Gasteiger partial charge in [-0.2, -0.15) is 5.10 Å². The predicted octanol–water partition coefficient (Wildman–Crippen LogP) is 3.99. The number of hydrogen-bond donors (Lipinski definition) is 1. The van der Waals surface area contributed by atoms with Gasteiger partial charge in [-0.25, -0.2) is 0 Å². The van der Waals surface area contributed by atoms with Crippen molar-refractivity contribution in [2.45, 2.75) is 25.7 Å². The van der Waals surface area contributed by atoms with E-state index < -0.39 is 0 Å². The molecule has 0 aliphatic carbocycles. The van der Waals surface area contributed by atoms with E-state index in [4.69, 9.17) is 5.73 Å². The van der Waals surface area contributed by atoms with E-state index in [1.165, 1.54) is 5.56 Å². The summed E-state index contributed by atoms with van der Waals surface area (Å²) in [5.74, 6) is 1.06. The molecule has 1 saturated heterocycles. The third-order valence-electron chi connectivity index (χ3n) is 5.56. The van der Waals surface area contributed by atoms with Crippen LogP contribution >= 0.6 is 23.7 Å². The molecule has 0 bridgehead atoms. The van der Waals surface area contributed by atoms with Crippen molar-refractivity contribution in [3.8, 4) is 0 Å². The normalized spacial score (nSPS) is 19.4. The van der Waals surface area contributed by atoms with Crippen molar-refractivity contribution in [2.75, 3.05) is 19.6 Å². The van der Waals surface area contributed by atoms with Crippen LogP contribution in [0.15, 0.2) is 36.4 Å². The van der Waals surface area contributed by atoms with Gasteiger partial charge >= 0.3 is 0 Å². The lowest BCUT2D eigenvalue weighted by molar-refractivity contribution is 0.0791. The van der Waals surface area contributed by atoms with Crippen molar-refractivity contribution < 1.29 is 4.79 Å². The van der Waals surface area contributed by atoms with Crippen LogP contribution in [0.2, 0.25) is 0 Å². The molecule has 3 aromatic rings. The molecular formula is C21H27ClN4OS. The number of rotatable bonds is 4. The fourth-order valence-corrected chi connectivity index (χ4v) is 5.16. The van der Waals surface area contributed by atoms with Crippen LogP contribution in [0, 0.1) is 5.92 Å². The smallest absolute Gasteiger partial charge is 0.264 e. The highest BCUT2D eigenvalue weighted by atomic mass is 35.5. The van der Waals surface area contributed by atoms with Gasteiger partial charge in [-0.05, 0) is 30.0 Å². The van der Waals surface area contributed by atoms with E-state index in [0.717, 1.165) is 33.9 Å². The quantitative estimate of drug-likeness (QED) is 0.696. The molecule has 0 spiro atoms. The number of nitrogens with zero attached hydrogens (tertiary/aromatic N) is 3. The minimum Gasteiger partial charge on any atom is -0.337 e. The summed E-state index contributed by atoms with van der Waals surface area (Å²) in [5, 5.41) is 5.72. The van der Waals surface area contributed by atoms with Gasteiger partial charge in [-0.3, -0.25) is 9.48 Å². The van der Waals surface area contributed by atoms with Crippen LogP contribution < -0.4 is 5.73 Å². The van der Waals surface area contributed by atoms with Gasteiger partial charge in [0.2, 0.25) is 0 Å². The first-order valence-electron chi connectivity index (χ1n) is 9.50. The summed E-state index contributed by atoms with van der Waals surface area (Å²) >= 11 is 1.54. The number of benzene rings is 1. The van der Waals surface area contributed by atoms with Gasteiger partial charge < -0.3 is 10.6 Å². The molecule has 150 valence electrons. The monoisotopic (exact) mass is 418 g/mol. The number of nitrogens with two attached hydrogens (primary N) is 1. The molecule has 2 aromatic heterocycles. The third-order valence-corrected chi connectivity index (χ3v) is 6.75. The zero-order chi connectivity index (χ0) is 19.1. The van der Waals surface area contributed by atoms with Gasteiger partial charge in [0.15, 0.2) is 0 Å². The Labute approximate surface area is 175 Å². The Morgan fingerprint density at radius 1 is 1.29 bits per heavy atom. The lowest BCUT2D eigenvalue weighted by Crippen LogP contribution is -2.29. The second kappa shape index (κ2) is 8.23. The molecule has 4 rings (SSSR count). The molecule has 1 fully saturated rings. The van der Waals surface area contributed by atoms with E-state index in [2.05, 4.69) is 43.2 Å². The third kappa shape index (κ3) is 3.56. The van der Waals surface area contributed by atoms with Gasteiger partial charge in [0.1, 0.15) is 4.83 Å². The van der Waals surface area contributed by atoms with Crippen molar-refractivity contribution >= 4 is 39.9 Å². The van der Waals surface area contributed by atoms with Crippen LogP contribution in [0.5, 0.6) is 0 Å². The lowest BCUT2D eigenvalue weighted by Gasteiger charge is -2.16. The molecule has 28 heavy (non-hydrogen) atoms. The second-order valence-electron chi connectivity index (χ2n) is 7.72. The van der Waals surface area contributed by atoms with E-state index >= 15 is 0 Å². The summed E-state index contributed by atoms with van der Waals surface area (Å²) in [6, 6.07) is 12.4. The summed E-state index contributed by atoms with van der Waals surface area (Å²) in [7, 11) is 1.95. The second-order valence-corrected chi connectivity index (χ2v) is 8.75. The maximum atomic E-state index is 13.2. The van der Waals surface area contributed by atoms with E-state index in [0.29, 0.717) is 24.3 Å². The molecular weight excluding hydrogens is 392 g/mol. The van der Waals surface area contributed by atoms with Crippen LogP contribution in [0.4, 0.5) is 0 Å². The fraction of sp³-hybridized carbons (Fsp3) is 0.429. The molecule has 1 aliphatic rings. The number of amides is 1. The largest absolute Gasteiger partial charge is 0.337 e. The Morgan fingerprint density at radius 3 is 2.64 bits per heavy atom. The lowest BCUT2D eigenvalue weighted by atomic mass is 9.89. The number of fused-ring (bicyclic) bond motifs is 1. The molecule has 1 aliphatic heterocycles. The Hall–Kier alpha value is -1.89. The Morgan fingerprint density at radius 2 is 2.00 bits per heavy atom. The Balaban J connectivity index is 0.00000225. The minimum absolute atomic E-state index is 0. The van der Waals surface area contributed by atoms with Crippen molar-refractivity contribution in [2.24, 2.45) is 18.7 Å². The molecule has 0 radical (unpaired) electrons. The van der Waals surface area contributed by atoms with Crippen LogP contribution in [0.25, 0.3) is 10.2 Å². The summed E-state index contributed by atoms with van der Waals surface area (Å²) in [6.07, 6.45) is 0. The number of aryl methyl sites for hydroxylation is 1. The number of aromatic nitrogens is 2. The molecule has 3 heterocycles. The number of likely N-dealkylation sites (tertiary alicyclic amines) is 1. The fourth-order valence-electron chi connectivity index (χ4n) is 4.11. The highest BCUT2D eigenvalue weighted by molar-refractivity contribution is 7.20. The molecule has 5 nitrogen and oxygen atoms in total. The van der Waals surface area contributed by atoms with Crippen LogP contribution in [-0.4, -0.2) is 40.2 Å². The number of carbonyl (C=O) groups is 1. The first-order chi connectivity index (χ1) is 13.0. The minimum atomic E-state index is 0. The number of thiophene rings is 1. The summed E-state index contributed by atoms with van der Waals surface area (Å²) < 4.78 is 1.89. The zero-order valence-electron chi connectivity index (χ0n) is 16.5. The molecule has 1 aromatic carbocycles. The first-order valence-corrected chi connectivity index (χ1v) is 10.3. The topological polar surface area (TPSA) is 64.2 Å². The molecule has 1 amide bonds. The maximum Gasteiger partial charge on any atom is 0.264 e. The number of hydrogen-bond acceptors (Lipinski definition) is 4. The average Bonchev–Trinajstić information content (AvgIpc) is 3.36. The summed E-state index contributed by atoms with van der Waals surface area (Å²) in [4.78, 5) is 17.0. The van der Waals surface area contributed by atoms with Gasteiger partial charge in [0.25, 0.3) is 5.91 Å². The molecule has 0 unspecified atom stereocenters. The van der Waals surface area contributed by atoms with Gasteiger partial charge in [0.05, 0.1) is 10.6 Å². The Kier molecular flexibility index (Phi) is 6.12. The van der Waals surface area contributed by atoms with Crippen LogP contribution in [-0.2, 0) is 7.05 Å². The molecule has 2 atom stereocenters. The highest BCUT2D eigenvalue weighted by Gasteiger charge is 2.36. The van der Waals surface area contributed by atoms with Gasteiger partial charge in [0, 0.05) is 31.4 Å². The van der Waals surface area contributed by atoms with Crippen molar-refractivity contribution in [1.29, 1.82) is 0 Å².